The highest BCUT2D eigenvalue weighted by Gasteiger charge is 2.14. The number of phenols is 1. The summed E-state index contributed by atoms with van der Waals surface area (Å²) in [7, 11) is 2.78. The van der Waals surface area contributed by atoms with E-state index in [1.807, 2.05) is 6.07 Å². The largest absolute Gasteiger partial charge is 0.502 e. The number of methoxy groups -OCH3 is 2. The zero-order valence-corrected chi connectivity index (χ0v) is 13.2. The Kier molecular flexibility index (Phi) is 5.17. The quantitative estimate of drug-likeness (QED) is 0.644. The smallest absolute Gasteiger partial charge is 0.268 e. The van der Waals surface area contributed by atoms with Gasteiger partial charge in [0.15, 0.2) is 16.6 Å². The zero-order valence-electron chi connectivity index (χ0n) is 12.4. The first-order valence-electron chi connectivity index (χ1n) is 6.36. The van der Waals surface area contributed by atoms with Gasteiger partial charge in [-0.1, -0.05) is 0 Å². The van der Waals surface area contributed by atoms with Gasteiger partial charge in [0, 0.05) is 11.6 Å². The molecule has 1 aromatic heterocycles. The van der Waals surface area contributed by atoms with Crippen LogP contribution in [0.25, 0.3) is 6.08 Å². The predicted molar refractivity (Wildman–Crippen MR) is 85.5 cm³/mol. The number of nitrogens with one attached hydrogen (secondary N) is 1. The predicted octanol–water partition coefficient (Wildman–Crippen LogP) is 2.41. The van der Waals surface area contributed by atoms with Gasteiger partial charge in [0.2, 0.25) is 5.75 Å². The first-order chi connectivity index (χ1) is 11.1. The Morgan fingerprint density at radius 2 is 2.04 bits per heavy atom. The number of thiazole rings is 1. The first kappa shape index (κ1) is 16.3. The minimum Gasteiger partial charge on any atom is -0.502 e. The number of phenolic OH excluding ortho intramolecular Hbond substituents is 1. The van der Waals surface area contributed by atoms with Gasteiger partial charge in [0.05, 0.1) is 14.2 Å². The Bertz CT molecular complexity index is 754. The van der Waals surface area contributed by atoms with Crippen molar-refractivity contribution < 1.29 is 19.4 Å². The number of nitrogens with zero attached hydrogens (tertiary/aromatic N) is 2. The maximum Gasteiger partial charge on any atom is 0.268 e. The number of carbonyl (C=O) groups is 1. The molecule has 1 heterocycles. The SMILES string of the molecule is COc1cc(/C=C(/C#N)C(=O)Nc2nccs2)cc(OC)c1O. The number of benzene rings is 1. The summed E-state index contributed by atoms with van der Waals surface area (Å²) in [5.41, 5.74) is 0.359. The summed E-state index contributed by atoms with van der Waals surface area (Å²) in [4.78, 5) is 16.0. The molecule has 2 N–H and O–H groups in total. The number of aromatic nitrogens is 1. The lowest BCUT2D eigenvalue weighted by Crippen LogP contribution is -2.13. The maximum atomic E-state index is 12.1. The summed E-state index contributed by atoms with van der Waals surface area (Å²) in [5, 5.41) is 23.7. The molecule has 0 fully saturated rings. The molecule has 0 spiro atoms. The molecule has 0 atom stereocenters. The van der Waals surface area contributed by atoms with Crippen molar-refractivity contribution in [2.45, 2.75) is 0 Å². The highest BCUT2D eigenvalue weighted by molar-refractivity contribution is 7.13. The van der Waals surface area contributed by atoms with Crippen molar-refractivity contribution in [2.24, 2.45) is 0 Å². The van der Waals surface area contributed by atoms with Crippen LogP contribution in [0.1, 0.15) is 5.56 Å². The third-order valence-corrected chi connectivity index (χ3v) is 3.52. The summed E-state index contributed by atoms with van der Waals surface area (Å²) in [5.74, 6) is -0.382. The van der Waals surface area contributed by atoms with Gasteiger partial charge in [0.25, 0.3) is 5.91 Å². The Balaban J connectivity index is 2.34. The van der Waals surface area contributed by atoms with Crippen LogP contribution >= 0.6 is 11.3 Å². The molecular weight excluding hydrogens is 318 g/mol. The van der Waals surface area contributed by atoms with Crippen LogP contribution in [-0.2, 0) is 4.79 Å². The van der Waals surface area contributed by atoms with E-state index < -0.39 is 5.91 Å². The van der Waals surface area contributed by atoms with Gasteiger partial charge >= 0.3 is 0 Å². The molecule has 0 radical (unpaired) electrons. The van der Waals surface area contributed by atoms with Gasteiger partial charge in [-0.05, 0) is 23.8 Å². The Hall–Kier alpha value is -3.05. The van der Waals surface area contributed by atoms with E-state index >= 15 is 0 Å². The van der Waals surface area contributed by atoms with Crippen LogP contribution in [0.15, 0.2) is 29.3 Å². The first-order valence-corrected chi connectivity index (χ1v) is 7.24. The number of hydrogen-bond acceptors (Lipinski definition) is 7. The Morgan fingerprint density at radius 3 is 2.52 bits per heavy atom. The second kappa shape index (κ2) is 7.29. The third-order valence-electron chi connectivity index (χ3n) is 2.83. The van der Waals surface area contributed by atoms with Gasteiger partial charge in [-0.25, -0.2) is 4.98 Å². The molecule has 23 heavy (non-hydrogen) atoms. The van der Waals surface area contributed by atoms with Crippen molar-refractivity contribution in [1.29, 1.82) is 5.26 Å². The molecular formula is C15H13N3O4S. The topological polar surface area (TPSA) is 104 Å². The molecule has 2 rings (SSSR count). The molecule has 1 aromatic carbocycles. The van der Waals surface area contributed by atoms with Crippen molar-refractivity contribution in [2.75, 3.05) is 19.5 Å². The number of anilines is 1. The summed E-state index contributed by atoms with van der Waals surface area (Å²) >= 11 is 1.25. The molecule has 0 unspecified atom stereocenters. The maximum absolute atomic E-state index is 12.1. The number of aromatic hydroxyl groups is 1. The average molecular weight is 331 g/mol. The van der Waals surface area contributed by atoms with E-state index in [1.165, 1.54) is 43.8 Å². The summed E-state index contributed by atoms with van der Waals surface area (Å²) in [6, 6.07) is 4.82. The van der Waals surface area contributed by atoms with Crippen LogP contribution in [0.5, 0.6) is 17.2 Å². The zero-order chi connectivity index (χ0) is 16.8. The minimum atomic E-state index is -0.576. The van der Waals surface area contributed by atoms with Crippen LogP contribution in [0, 0.1) is 11.3 Å². The number of rotatable bonds is 5. The van der Waals surface area contributed by atoms with Crippen LogP contribution in [0.4, 0.5) is 5.13 Å². The lowest BCUT2D eigenvalue weighted by Gasteiger charge is -2.09. The fourth-order valence-corrected chi connectivity index (χ4v) is 2.29. The number of carbonyl (C=O) groups excluding carboxylic acids is 1. The fraction of sp³-hybridized carbons (Fsp3) is 0.133. The number of amides is 1. The molecule has 8 heteroatoms. The van der Waals surface area contributed by atoms with Crippen LogP contribution < -0.4 is 14.8 Å². The molecule has 0 saturated heterocycles. The van der Waals surface area contributed by atoms with E-state index in [0.29, 0.717) is 10.7 Å². The lowest BCUT2D eigenvalue weighted by molar-refractivity contribution is -0.112. The molecule has 1 amide bonds. The minimum absolute atomic E-state index is 0.116. The average Bonchev–Trinajstić information content (AvgIpc) is 3.06. The Morgan fingerprint density at radius 1 is 1.39 bits per heavy atom. The second-order valence-electron chi connectivity index (χ2n) is 4.24. The van der Waals surface area contributed by atoms with Crippen LogP contribution in [-0.4, -0.2) is 30.2 Å². The summed E-state index contributed by atoms with van der Waals surface area (Å²) < 4.78 is 10.1. The lowest BCUT2D eigenvalue weighted by atomic mass is 10.1. The van der Waals surface area contributed by atoms with E-state index in [4.69, 9.17) is 9.47 Å². The second-order valence-corrected chi connectivity index (χ2v) is 5.13. The van der Waals surface area contributed by atoms with Gasteiger partial charge in [0.1, 0.15) is 11.6 Å². The third kappa shape index (κ3) is 3.78. The molecule has 2 aromatic rings. The molecule has 0 aliphatic rings. The van der Waals surface area contributed by atoms with Gasteiger partial charge in [-0.15, -0.1) is 11.3 Å². The molecule has 0 saturated carbocycles. The van der Waals surface area contributed by atoms with E-state index in [2.05, 4.69) is 10.3 Å². The van der Waals surface area contributed by atoms with Gasteiger partial charge in [-0.3, -0.25) is 10.1 Å². The molecule has 0 aliphatic carbocycles. The van der Waals surface area contributed by atoms with Crippen molar-refractivity contribution >= 4 is 28.5 Å². The van der Waals surface area contributed by atoms with E-state index in [0.717, 1.165) is 0 Å². The van der Waals surface area contributed by atoms with E-state index in [1.54, 1.807) is 11.6 Å². The normalized spacial score (nSPS) is 10.7. The van der Waals surface area contributed by atoms with Crippen molar-refractivity contribution in [3.8, 4) is 23.3 Å². The number of hydrogen-bond donors (Lipinski definition) is 2. The summed E-state index contributed by atoms with van der Waals surface area (Å²) in [6.45, 7) is 0. The van der Waals surface area contributed by atoms with E-state index in [9.17, 15) is 15.2 Å². The standard InChI is InChI=1S/C15H13N3O4S/c1-21-11-6-9(7-12(22-2)13(11)19)5-10(8-16)14(20)18-15-17-3-4-23-15/h3-7,19H,1-2H3,(H,17,18,20)/b10-5-. The van der Waals surface area contributed by atoms with Gasteiger partial charge in [-0.2, -0.15) is 5.26 Å². The van der Waals surface area contributed by atoms with Crippen LogP contribution in [0.2, 0.25) is 0 Å². The Labute approximate surface area is 136 Å². The number of nitriles is 1. The molecule has 0 aliphatic heterocycles. The summed E-state index contributed by atoms with van der Waals surface area (Å²) in [6.07, 6.45) is 2.92. The fourth-order valence-electron chi connectivity index (χ4n) is 1.76. The molecule has 7 nitrogen and oxygen atoms in total. The number of ether oxygens (including phenoxy) is 2. The van der Waals surface area contributed by atoms with Crippen molar-refractivity contribution in [3.05, 3.63) is 34.8 Å². The molecule has 118 valence electrons. The van der Waals surface area contributed by atoms with Crippen molar-refractivity contribution in [3.63, 3.8) is 0 Å². The highest BCUT2D eigenvalue weighted by Crippen LogP contribution is 2.37. The highest BCUT2D eigenvalue weighted by atomic mass is 32.1. The monoisotopic (exact) mass is 331 g/mol. The molecule has 0 bridgehead atoms. The van der Waals surface area contributed by atoms with Crippen molar-refractivity contribution in [1.82, 2.24) is 4.98 Å². The van der Waals surface area contributed by atoms with Gasteiger partial charge < -0.3 is 14.6 Å². The van der Waals surface area contributed by atoms with Crippen LogP contribution in [0.3, 0.4) is 0 Å². The van der Waals surface area contributed by atoms with E-state index in [-0.39, 0.29) is 22.8 Å².